The van der Waals surface area contributed by atoms with Crippen LogP contribution in [0, 0.1) is 6.92 Å². The van der Waals surface area contributed by atoms with Gasteiger partial charge in [0.15, 0.2) is 5.82 Å². The number of hydrogen-bond acceptors (Lipinski definition) is 6. The highest BCUT2D eigenvalue weighted by atomic mass is 16.5. The first-order valence-electron chi connectivity index (χ1n) is 7.13. The lowest BCUT2D eigenvalue weighted by molar-refractivity contribution is 0.425. The van der Waals surface area contributed by atoms with Crippen molar-refractivity contribution in [3.05, 3.63) is 54.2 Å². The summed E-state index contributed by atoms with van der Waals surface area (Å²) in [5, 5.41) is 7.14. The first kappa shape index (κ1) is 14.2. The molecule has 1 atom stereocenters. The molecule has 0 radical (unpaired) electrons. The minimum Gasteiger partial charge on any atom is -0.367 e. The van der Waals surface area contributed by atoms with Crippen LogP contribution in [0.3, 0.4) is 0 Å². The van der Waals surface area contributed by atoms with Gasteiger partial charge in [0.1, 0.15) is 5.82 Å². The van der Waals surface area contributed by atoms with Gasteiger partial charge >= 0.3 is 0 Å². The van der Waals surface area contributed by atoms with Crippen molar-refractivity contribution in [2.24, 2.45) is 0 Å². The van der Waals surface area contributed by atoms with Crippen molar-refractivity contribution in [1.29, 1.82) is 0 Å². The van der Waals surface area contributed by atoms with Gasteiger partial charge in [-0.25, -0.2) is 4.98 Å². The van der Waals surface area contributed by atoms with Crippen molar-refractivity contribution in [3.8, 4) is 11.5 Å². The second kappa shape index (κ2) is 6.34. The number of aryl methyl sites for hydroxylation is 1. The molecule has 22 heavy (non-hydrogen) atoms. The van der Waals surface area contributed by atoms with E-state index in [-0.39, 0.29) is 6.04 Å². The van der Waals surface area contributed by atoms with E-state index in [0.29, 0.717) is 11.7 Å². The first-order valence-corrected chi connectivity index (χ1v) is 7.13. The highest BCUT2D eigenvalue weighted by Crippen LogP contribution is 2.18. The number of nitrogens with one attached hydrogen (secondary N) is 1. The van der Waals surface area contributed by atoms with Crippen molar-refractivity contribution in [2.45, 2.75) is 26.3 Å². The summed E-state index contributed by atoms with van der Waals surface area (Å²) in [6.45, 7) is 3.90. The van der Waals surface area contributed by atoms with Crippen molar-refractivity contribution in [2.75, 3.05) is 5.32 Å². The monoisotopic (exact) mass is 295 g/mol. The summed E-state index contributed by atoms with van der Waals surface area (Å²) in [6, 6.07) is 8.10. The minimum absolute atomic E-state index is 0.258. The molecular weight excluding hydrogens is 278 g/mol. The Morgan fingerprint density at radius 3 is 2.77 bits per heavy atom. The molecule has 0 saturated carbocycles. The van der Waals surface area contributed by atoms with Crippen LogP contribution in [-0.4, -0.2) is 26.2 Å². The van der Waals surface area contributed by atoms with Gasteiger partial charge in [0.2, 0.25) is 0 Å². The van der Waals surface area contributed by atoms with E-state index in [1.807, 2.05) is 24.4 Å². The van der Waals surface area contributed by atoms with Crippen molar-refractivity contribution < 1.29 is 4.52 Å². The molecule has 1 N–H and O–H groups in total. The summed E-state index contributed by atoms with van der Waals surface area (Å²) in [5.41, 5.74) is 2.01. The lowest BCUT2D eigenvalue weighted by Crippen LogP contribution is -2.18. The predicted octanol–water partition coefficient (Wildman–Crippen LogP) is 2.88. The molecule has 0 aliphatic heterocycles. The molecule has 3 heterocycles. The normalized spacial score (nSPS) is 12.1. The first-order chi connectivity index (χ1) is 10.7. The molecule has 112 valence electrons. The zero-order chi connectivity index (χ0) is 15.4. The fourth-order valence-corrected chi connectivity index (χ4v) is 2.20. The number of aromatic nitrogens is 4. The Hall–Kier alpha value is -2.76. The highest BCUT2D eigenvalue weighted by molar-refractivity contribution is 5.54. The van der Waals surface area contributed by atoms with Crippen LogP contribution in [0.4, 0.5) is 5.82 Å². The van der Waals surface area contributed by atoms with Crippen LogP contribution in [-0.2, 0) is 6.42 Å². The lowest BCUT2D eigenvalue weighted by Gasteiger charge is -2.14. The zero-order valence-electron chi connectivity index (χ0n) is 12.5. The van der Waals surface area contributed by atoms with Crippen LogP contribution in [0.25, 0.3) is 11.5 Å². The molecule has 0 saturated heterocycles. The van der Waals surface area contributed by atoms with Gasteiger partial charge in [0, 0.05) is 24.6 Å². The summed E-state index contributed by atoms with van der Waals surface area (Å²) < 4.78 is 5.12. The number of nitrogens with zero attached hydrogens (tertiary/aromatic N) is 4. The van der Waals surface area contributed by atoms with E-state index < -0.39 is 0 Å². The third-order valence-electron chi connectivity index (χ3n) is 3.20. The fraction of sp³-hybridized carbons (Fsp3) is 0.250. The average Bonchev–Trinajstić information content (AvgIpc) is 2.95. The maximum Gasteiger partial charge on any atom is 0.259 e. The van der Waals surface area contributed by atoms with Gasteiger partial charge in [-0.05, 0) is 44.0 Å². The minimum atomic E-state index is 0.258. The van der Waals surface area contributed by atoms with E-state index in [0.717, 1.165) is 17.8 Å². The second-order valence-electron chi connectivity index (χ2n) is 5.19. The average molecular weight is 295 g/mol. The second-order valence-corrected chi connectivity index (χ2v) is 5.19. The van der Waals surface area contributed by atoms with E-state index in [1.54, 1.807) is 19.3 Å². The molecule has 3 aromatic rings. The van der Waals surface area contributed by atoms with Gasteiger partial charge in [-0.3, -0.25) is 4.98 Å². The Morgan fingerprint density at radius 2 is 2.14 bits per heavy atom. The van der Waals surface area contributed by atoms with E-state index in [9.17, 15) is 0 Å². The Morgan fingerprint density at radius 1 is 1.23 bits per heavy atom. The van der Waals surface area contributed by atoms with Crippen LogP contribution in [0.1, 0.15) is 18.3 Å². The molecule has 0 fully saturated rings. The number of anilines is 1. The molecule has 0 spiro atoms. The maximum atomic E-state index is 5.12. The summed E-state index contributed by atoms with van der Waals surface area (Å²) in [6.07, 6.45) is 6.28. The van der Waals surface area contributed by atoms with E-state index >= 15 is 0 Å². The molecule has 6 nitrogen and oxygen atoms in total. The maximum absolute atomic E-state index is 5.12. The highest BCUT2D eigenvalue weighted by Gasteiger charge is 2.08. The number of rotatable bonds is 5. The third kappa shape index (κ3) is 3.46. The molecule has 0 bridgehead atoms. The Kier molecular flexibility index (Phi) is 4.09. The smallest absolute Gasteiger partial charge is 0.259 e. The topological polar surface area (TPSA) is 76.7 Å². The Bertz CT molecular complexity index is 724. The number of hydrogen-bond donors (Lipinski definition) is 1. The van der Waals surface area contributed by atoms with E-state index in [1.165, 1.54) is 5.56 Å². The van der Waals surface area contributed by atoms with Crippen LogP contribution in [0.5, 0.6) is 0 Å². The van der Waals surface area contributed by atoms with Crippen LogP contribution in [0.15, 0.2) is 47.4 Å². The molecule has 6 heteroatoms. The largest absolute Gasteiger partial charge is 0.367 e. The van der Waals surface area contributed by atoms with Crippen LogP contribution < -0.4 is 5.32 Å². The molecule has 0 amide bonds. The molecule has 0 aliphatic carbocycles. The molecule has 3 aromatic heterocycles. The van der Waals surface area contributed by atoms with Gasteiger partial charge in [-0.1, -0.05) is 11.2 Å². The molecular formula is C16H17N5O. The Balaban J connectivity index is 1.63. The lowest BCUT2D eigenvalue weighted by atomic mass is 10.1. The summed E-state index contributed by atoms with van der Waals surface area (Å²) in [7, 11) is 0. The van der Waals surface area contributed by atoms with Crippen LogP contribution >= 0.6 is 0 Å². The molecule has 0 aliphatic rings. The standard InChI is InChI=1S/C16H17N5O/c1-11(8-13-4-3-7-17-9-13)19-15-6-5-14(10-18-15)16-20-12(2)21-22-16/h3-7,9-11H,8H2,1-2H3,(H,18,19). The molecule has 0 aromatic carbocycles. The van der Waals surface area contributed by atoms with Crippen molar-refractivity contribution in [1.82, 2.24) is 20.1 Å². The summed E-state index contributed by atoms with van der Waals surface area (Å²) in [4.78, 5) is 12.7. The van der Waals surface area contributed by atoms with Crippen molar-refractivity contribution >= 4 is 5.82 Å². The quantitative estimate of drug-likeness (QED) is 0.780. The van der Waals surface area contributed by atoms with Gasteiger partial charge in [-0.15, -0.1) is 0 Å². The number of pyridine rings is 2. The Labute approximate surface area is 128 Å². The van der Waals surface area contributed by atoms with Crippen molar-refractivity contribution in [3.63, 3.8) is 0 Å². The molecule has 1 unspecified atom stereocenters. The summed E-state index contributed by atoms with van der Waals surface area (Å²) in [5.74, 6) is 1.92. The molecule has 3 rings (SSSR count). The summed E-state index contributed by atoms with van der Waals surface area (Å²) >= 11 is 0. The SMILES string of the molecule is Cc1noc(-c2ccc(NC(C)Cc3cccnc3)nc2)n1. The van der Waals surface area contributed by atoms with Crippen LogP contribution in [0.2, 0.25) is 0 Å². The van der Waals surface area contributed by atoms with E-state index in [2.05, 4.69) is 38.4 Å². The van der Waals surface area contributed by atoms with Gasteiger partial charge in [0.05, 0.1) is 5.56 Å². The predicted molar refractivity (Wildman–Crippen MR) is 83.3 cm³/mol. The fourth-order valence-electron chi connectivity index (χ4n) is 2.20. The van der Waals surface area contributed by atoms with Gasteiger partial charge in [0.25, 0.3) is 5.89 Å². The zero-order valence-corrected chi connectivity index (χ0v) is 12.5. The van der Waals surface area contributed by atoms with E-state index in [4.69, 9.17) is 4.52 Å². The van der Waals surface area contributed by atoms with Gasteiger partial charge in [-0.2, -0.15) is 4.98 Å². The van der Waals surface area contributed by atoms with Gasteiger partial charge < -0.3 is 9.84 Å². The third-order valence-corrected chi connectivity index (χ3v) is 3.20.